The first-order valence-corrected chi connectivity index (χ1v) is 7.66. The van der Waals surface area contributed by atoms with Crippen LogP contribution in [-0.2, 0) is 5.75 Å². The molecule has 3 heteroatoms. The summed E-state index contributed by atoms with van der Waals surface area (Å²) in [6, 6.07) is 14.6. The summed E-state index contributed by atoms with van der Waals surface area (Å²) in [5.74, 6) is 0.929. The lowest BCUT2D eigenvalue weighted by Gasteiger charge is -2.09. The maximum atomic E-state index is 6.29. The molecule has 100 valence electrons. The van der Waals surface area contributed by atoms with Crippen molar-refractivity contribution in [3.8, 4) is 0 Å². The van der Waals surface area contributed by atoms with Crippen molar-refractivity contribution in [3.05, 3.63) is 64.2 Å². The van der Waals surface area contributed by atoms with E-state index in [1.54, 1.807) is 11.8 Å². The zero-order chi connectivity index (χ0) is 13.8. The smallest absolute Gasteiger partial charge is 0.0545 e. The second-order valence-corrected chi connectivity index (χ2v) is 6.18. The van der Waals surface area contributed by atoms with Gasteiger partial charge in [0.25, 0.3) is 0 Å². The van der Waals surface area contributed by atoms with Crippen LogP contribution in [0, 0.1) is 6.92 Å². The maximum absolute atomic E-state index is 6.29. The summed E-state index contributed by atoms with van der Waals surface area (Å²) in [6.07, 6.45) is 0. The fraction of sp³-hybridized carbons (Fsp3) is 0.250. The number of aryl methyl sites for hydroxylation is 1. The van der Waals surface area contributed by atoms with Crippen LogP contribution in [0.1, 0.15) is 29.7 Å². The second kappa shape index (κ2) is 6.47. The van der Waals surface area contributed by atoms with Crippen LogP contribution in [0.2, 0.25) is 5.02 Å². The van der Waals surface area contributed by atoms with Gasteiger partial charge in [-0.15, -0.1) is 11.8 Å². The number of hydrogen-bond donors (Lipinski definition) is 1. The molecule has 0 aliphatic rings. The van der Waals surface area contributed by atoms with Crippen LogP contribution in [-0.4, -0.2) is 0 Å². The molecular formula is C16H18ClNS. The lowest BCUT2D eigenvalue weighted by Crippen LogP contribution is -2.04. The highest BCUT2D eigenvalue weighted by Gasteiger charge is 2.06. The number of thioether (sulfide) groups is 1. The normalized spacial score (nSPS) is 12.4. The Bertz CT molecular complexity index is 566. The summed E-state index contributed by atoms with van der Waals surface area (Å²) in [7, 11) is 0. The number of nitrogens with two attached hydrogens (primary N) is 1. The first-order valence-electron chi connectivity index (χ1n) is 6.29. The highest BCUT2D eigenvalue weighted by molar-refractivity contribution is 7.98. The third-order valence-electron chi connectivity index (χ3n) is 2.96. The van der Waals surface area contributed by atoms with Crippen molar-refractivity contribution in [3.63, 3.8) is 0 Å². The molecule has 0 bridgehead atoms. The lowest BCUT2D eigenvalue weighted by atomic mass is 10.1. The van der Waals surface area contributed by atoms with E-state index in [0.717, 1.165) is 21.2 Å². The van der Waals surface area contributed by atoms with E-state index in [-0.39, 0.29) is 6.04 Å². The fourth-order valence-electron chi connectivity index (χ4n) is 1.88. The van der Waals surface area contributed by atoms with Crippen LogP contribution in [0.25, 0.3) is 0 Å². The van der Waals surface area contributed by atoms with Gasteiger partial charge in [0.15, 0.2) is 0 Å². The summed E-state index contributed by atoms with van der Waals surface area (Å²) < 4.78 is 0. The predicted molar refractivity (Wildman–Crippen MR) is 84.8 cm³/mol. The highest BCUT2D eigenvalue weighted by atomic mass is 35.5. The summed E-state index contributed by atoms with van der Waals surface area (Å²) in [4.78, 5) is 1.10. The Morgan fingerprint density at radius 3 is 2.63 bits per heavy atom. The zero-order valence-electron chi connectivity index (χ0n) is 11.2. The Labute approximate surface area is 124 Å². The molecule has 0 saturated carbocycles. The Morgan fingerprint density at radius 2 is 2.00 bits per heavy atom. The lowest BCUT2D eigenvalue weighted by molar-refractivity contribution is 0.817. The van der Waals surface area contributed by atoms with E-state index in [1.165, 1.54) is 11.1 Å². The van der Waals surface area contributed by atoms with Gasteiger partial charge in [0.05, 0.1) is 5.02 Å². The van der Waals surface area contributed by atoms with Gasteiger partial charge in [-0.25, -0.2) is 0 Å². The minimum atomic E-state index is 0.0216. The number of rotatable bonds is 4. The van der Waals surface area contributed by atoms with Gasteiger partial charge in [0, 0.05) is 16.7 Å². The molecule has 0 amide bonds. The van der Waals surface area contributed by atoms with E-state index in [9.17, 15) is 0 Å². The molecule has 2 aromatic rings. The largest absolute Gasteiger partial charge is 0.324 e. The topological polar surface area (TPSA) is 26.0 Å². The third kappa shape index (κ3) is 4.00. The van der Waals surface area contributed by atoms with Crippen LogP contribution in [0.15, 0.2) is 47.4 Å². The molecule has 0 saturated heterocycles. The van der Waals surface area contributed by atoms with Crippen molar-refractivity contribution < 1.29 is 0 Å². The first-order chi connectivity index (χ1) is 9.06. The summed E-state index contributed by atoms with van der Waals surface area (Å²) in [5.41, 5.74) is 9.53. The summed E-state index contributed by atoms with van der Waals surface area (Å²) in [6.45, 7) is 4.07. The molecule has 2 rings (SSSR count). The van der Waals surface area contributed by atoms with E-state index in [0.29, 0.717) is 0 Å². The van der Waals surface area contributed by atoms with E-state index in [4.69, 9.17) is 17.3 Å². The van der Waals surface area contributed by atoms with Crippen LogP contribution >= 0.6 is 23.4 Å². The van der Waals surface area contributed by atoms with Crippen molar-refractivity contribution in [2.24, 2.45) is 5.73 Å². The zero-order valence-corrected chi connectivity index (χ0v) is 12.8. The van der Waals surface area contributed by atoms with Gasteiger partial charge in [-0.1, -0.05) is 47.5 Å². The summed E-state index contributed by atoms with van der Waals surface area (Å²) >= 11 is 8.05. The third-order valence-corrected chi connectivity index (χ3v) is 4.53. The standard InChI is InChI=1S/C16H18ClNS/c1-11-4-3-5-13(8-11)10-19-16-7-6-14(12(2)18)9-15(16)17/h3-9,12H,10,18H2,1-2H3. The molecule has 19 heavy (non-hydrogen) atoms. The molecular weight excluding hydrogens is 274 g/mol. The average Bonchev–Trinajstić information content (AvgIpc) is 2.37. The molecule has 0 aromatic heterocycles. The molecule has 0 aliphatic carbocycles. The Kier molecular flexibility index (Phi) is 4.92. The Hall–Kier alpha value is -0.960. The van der Waals surface area contributed by atoms with E-state index >= 15 is 0 Å². The van der Waals surface area contributed by atoms with Gasteiger partial charge in [-0.2, -0.15) is 0 Å². The van der Waals surface area contributed by atoms with Crippen molar-refractivity contribution >= 4 is 23.4 Å². The van der Waals surface area contributed by atoms with Gasteiger partial charge in [0.2, 0.25) is 0 Å². The maximum Gasteiger partial charge on any atom is 0.0545 e. The minimum absolute atomic E-state index is 0.0216. The average molecular weight is 292 g/mol. The molecule has 0 fully saturated rings. The number of benzene rings is 2. The number of halogens is 1. The van der Waals surface area contributed by atoms with Crippen LogP contribution in [0.4, 0.5) is 0 Å². The monoisotopic (exact) mass is 291 g/mol. The van der Waals surface area contributed by atoms with Gasteiger partial charge in [-0.3, -0.25) is 0 Å². The van der Waals surface area contributed by atoms with Crippen molar-refractivity contribution in [1.82, 2.24) is 0 Å². The molecule has 1 unspecified atom stereocenters. The number of hydrogen-bond acceptors (Lipinski definition) is 2. The molecule has 0 heterocycles. The van der Waals surface area contributed by atoms with E-state index in [2.05, 4.69) is 43.3 Å². The van der Waals surface area contributed by atoms with Crippen molar-refractivity contribution in [2.75, 3.05) is 0 Å². The second-order valence-electron chi connectivity index (χ2n) is 4.76. The molecule has 1 nitrogen and oxygen atoms in total. The van der Waals surface area contributed by atoms with Gasteiger partial charge in [0.1, 0.15) is 0 Å². The molecule has 2 N–H and O–H groups in total. The summed E-state index contributed by atoms with van der Waals surface area (Å²) in [5, 5.41) is 0.785. The minimum Gasteiger partial charge on any atom is -0.324 e. The molecule has 0 aliphatic heterocycles. The van der Waals surface area contributed by atoms with Crippen molar-refractivity contribution in [2.45, 2.75) is 30.5 Å². The SMILES string of the molecule is Cc1cccc(CSc2ccc(C(C)N)cc2Cl)c1. The quantitative estimate of drug-likeness (QED) is 0.806. The first kappa shape index (κ1) is 14.4. The van der Waals surface area contributed by atoms with Crippen LogP contribution < -0.4 is 5.73 Å². The van der Waals surface area contributed by atoms with E-state index in [1.807, 2.05) is 13.0 Å². The van der Waals surface area contributed by atoms with Crippen LogP contribution in [0.5, 0.6) is 0 Å². The Balaban J connectivity index is 2.07. The van der Waals surface area contributed by atoms with E-state index < -0.39 is 0 Å². The van der Waals surface area contributed by atoms with Crippen molar-refractivity contribution in [1.29, 1.82) is 0 Å². The Morgan fingerprint density at radius 1 is 1.21 bits per heavy atom. The molecule has 0 spiro atoms. The molecule has 2 aromatic carbocycles. The molecule has 0 radical (unpaired) electrons. The van der Waals surface area contributed by atoms with Gasteiger partial charge in [-0.05, 0) is 37.1 Å². The van der Waals surface area contributed by atoms with Crippen LogP contribution in [0.3, 0.4) is 0 Å². The van der Waals surface area contributed by atoms with Gasteiger partial charge < -0.3 is 5.73 Å². The van der Waals surface area contributed by atoms with Gasteiger partial charge >= 0.3 is 0 Å². The predicted octanol–water partition coefficient (Wildman–Crippen LogP) is 4.96. The molecule has 1 atom stereocenters. The fourth-order valence-corrected chi connectivity index (χ4v) is 3.10. The highest BCUT2D eigenvalue weighted by Crippen LogP contribution is 2.31.